The molecule has 1 aromatic heterocycles. The molecular formula is C17H15IN2S. The minimum absolute atomic E-state index is 0.00510. The Morgan fingerprint density at radius 1 is 1.10 bits per heavy atom. The van der Waals surface area contributed by atoms with Crippen molar-refractivity contribution in [1.29, 1.82) is 0 Å². The van der Waals surface area contributed by atoms with Crippen LogP contribution in [0.4, 0.5) is 0 Å². The molecule has 0 aliphatic heterocycles. The van der Waals surface area contributed by atoms with Gasteiger partial charge in [-0.05, 0) is 40.3 Å². The fraction of sp³-hybridized carbons (Fsp3) is 0.118. The molecular weight excluding hydrogens is 391 g/mol. The number of nitrogens with zero attached hydrogens (tertiary/aromatic N) is 1. The molecule has 1 heterocycles. The molecule has 106 valence electrons. The van der Waals surface area contributed by atoms with E-state index >= 15 is 0 Å². The van der Waals surface area contributed by atoms with Gasteiger partial charge in [0.2, 0.25) is 0 Å². The summed E-state index contributed by atoms with van der Waals surface area (Å²) >= 11 is 3.99. The van der Waals surface area contributed by atoms with Crippen molar-refractivity contribution in [2.75, 3.05) is 0 Å². The molecule has 2 aromatic carbocycles. The molecule has 0 saturated heterocycles. The fourth-order valence-electron chi connectivity index (χ4n) is 2.19. The van der Waals surface area contributed by atoms with Crippen LogP contribution in [0, 0.1) is 3.57 Å². The van der Waals surface area contributed by atoms with Crippen LogP contribution < -0.4 is 5.73 Å². The molecule has 0 spiro atoms. The first-order valence-corrected chi connectivity index (χ1v) is 8.69. The predicted molar refractivity (Wildman–Crippen MR) is 97.3 cm³/mol. The van der Waals surface area contributed by atoms with Gasteiger partial charge in [0.05, 0.1) is 10.7 Å². The van der Waals surface area contributed by atoms with E-state index in [1.54, 1.807) is 11.3 Å². The summed E-state index contributed by atoms with van der Waals surface area (Å²) in [6.45, 7) is 0. The number of halogens is 1. The van der Waals surface area contributed by atoms with Gasteiger partial charge in [0.25, 0.3) is 0 Å². The number of hydrogen-bond acceptors (Lipinski definition) is 3. The third-order valence-corrected chi connectivity index (χ3v) is 4.83. The Morgan fingerprint density at radius 2 is 1.90 bits per heavy atom. The summed E-state index contributed by atoms with van der Waals surface area (Å²) in [4.78, 5) is 4.71. The maximum Gasteiger partial charge on any atom is 0.0951 e. The van der Waals surface area contributed by atoms with E-state index in [-0.39, 0.29) is 6.04 Å². The van der Waals surface area contributed by atoms with Crippen LogP contribution in [0.3, 0.4) is 0 Å². The number of benzene rings is 2. The molecule has 21 heavy (non-hydrogen) atoms. The number of aromatic nitrogens is 1. The van der Waals surface area contributed by atoms with Crippen LogP contribution in [0.2, 0.25) is 0 Å². The largest absolute Gasteiger partial charge is 0.324 e. The Morgan fingerprint density at radius 3 is 2.67 bits per heavy atom. The van der Waals surface area contributed by atoms with Crippen molar-refractivity contribution < 1.29 is 0 Å². The summed E-state index contributed by atoms with van der Waals surface area (Å²) in [5, 5.41) is 3.19. The average Bonchev–Trinajstić information content (AvgIpc) is 2.97. The Balaban J connectivity index is 1.75. The molecule has 4 heteroatoms. The topological polar surface area (TPSA) is 38.9 Å². The van der Waals surface area contributed by atoms with Crippen LogP contribution in [-0.4, -0.2) is 4.98 Å². The Labute approximate surface area is 142 Å². The lowest BCUT2D eigenvalue weighted by Gasteiger charge is -2.10. The maximum absolute atomic E-state index is 6.31. The third-order valence-electron chi connectivity index (χ3n) is 3.29. The van der Waals surface area contributed by atoms with Crippen LogP contribution >= 0.6 is 33.9 Å². The number of nitrogens with two attached hydrogens (primary N) is 1. The highest BCUT2D eigenvalue weighted by atomic mass is 127. The molecule has 2 nitrogen and oxygen atoms in total. The van der Waals surface area contributed by atoms with E-state index in [1.807, 2.05) is 24.3 Å². The summed E-state index contributed by atoms with van der Waals surface area (Å²) in [6, 6.07) is 18.6. The van der Waals surface area contributed by atoms with Crippen LogP contribution in [0.15, 0.2) is 60.0 Å². The van der Waals surface area contributed by atoms with Gasteiger partial charge in [0.15, 0.2) is 0 Å². The predicted octanol–water partition coefficient (Wildman–Crippen LogP) is 4.66. The Hall–Kier alpha value is -1.24. The van der Waals surface area contributed by atoms with E-state index in [2.05, 4.69) is 58.3 Å². The lowest BCUT2D eigenvalue weighted by Crippen LogP contribution is -2.13. The third kappa shape index (κ3) is 3.70. The van der Waals surface area contributed by atoms with Gasteiger partial charge < -0.3 is 5.73 Å². The smallest absolute Gasteiger partial charge is 0.0951 e. The first-order valence-electron chi connectivity index (χ1n) is 6.73. The first-order chi connectivity index (χ1) is 10.2. The molecule has 0 saturated carbocycles. The molecule has 0 aliphatic carbocycles. The molecule has 0 radical (unpaired) electrons. The van der Waals surface area contributed by atoms with Gasteiger partial charge in [-0.25, -0.2) is 4.98 Å². The van der Waals surface area contributed by atoms with Crippen molar-refractivity contribution >= 4 is 33.9 Å². The zero-order chi connectivity index (χ0) is 14.7. The normalized spacial score (nSPS) is 12.3. The lowest BCUT2D eigenvalue weighted by atomic mass is 10.1. The van der Waals surface area contributed by atoms with E-state index in [0.29, 0.717) is 0 Å². The van der Waals surface area contributed by atoms with Crippen LogP contribution in [-0.2, 0) is 6.42 Å². The van der Waals surface area contributed by atoms with Crippen LogP contribution in [0.25, 0.3) is 11.3 Å². The summed E-state index contributed by atoms with van der Waals surface area (Å²) in [6.07, 6.45) is 0.775. The molecule has 3 aromatic rings. The summed E-state index contributed by atoms with van der Waals surface area (Å²) in [7, 11) is 0. The lowest BCUT2D eigenvalue weighted by molar-refractivity contribution is 0.718. The number of thiazole rings is 1. The highest BCUT2D eigenvalue weighted by Crippen LogP contribution is 2.25. The Bertz CT molecular complexity index is 724. The maximum atomic E-state index is 6.31. The quantitative estimate of drug-likeness (QED) is 0.641. The van der Waals surface area contributed by atoms with Gasteiger partial charge in [-0.3, -0.25) is 0 Å². The van der Waals surface area contributed by atoms with E-state index in [1.165, 1.54) is 9.13 Å². The average molecular weight is 406 g/mol. The van der Waals surface area contributed by atoms with Gasteiger partial charge >= 0.3 is 0 Å². The van der Waals surface area contributed by atoms with Gasteiger partial charge in [0.1, 0.15) is 0 Å². The second-order valence-corrected chi connectivity index (χ2v) is 7.05. The molecule has 0 amide bonds. The zero-order valence-corrected chi connectivity index (χ0v) is 14.3. The van der Waals surface area contributed by atoms with Crippen LogP contribution in [0.5, 0.6) is 0 Å². The molecule has 2 N–H and O–H groups in total. The van der Waals surface area contributed by atoms with E-state index in [9.17, 15) is 0 Å². The van der Waals surface area contributed by atoms with Gasteiger partial charge in [-0.15, -0.1) is 11.3 Å². The van der Waals surface area contributed by atoms with E-state index in [4.69, 9.17) is 10.7 Å². The fourth-order valence-corrected chi connectivity index (χ4v) is 3.62. The van der Waals surface area contributed by atoms with Crippen LogP contribution in [0.1, 0.15) is 16.6 Å². The first kappa shape index (κ1) is 14.7. The molecule has 1 unspecified atom stereocenters. The number of hydrogen-bond donors (Lipinski definition) is 1. The SMILES string of the molecule is NC(Cc1nc(-c2ccccc2)cs1)c1cccc(I)c1. The zero-order valence-electron chi connectivity index (χ0n) is 11.4. The molecule has 0 bridgehead atoms. The minimum Gasteiger partial charge on any atom is -0.324 e. The van der Waals surface area contributed by atoms with E-state index < -0.39 is 0 Å². The van der Waals surface area contributed by atoms with Crippen molar-refractivity contribution in [1.82, 2.24) is 4.98 Å². The van der Waals surface area contributed by atoms with Crippen molar-refractivity contribution in [3.05, 3.63) is 74.1 Å². The standard InChI is InChI=1S/C17H15IN2S/c18-14-8-4-7-13(9-14)15(19)10-17-20-16(11-21-17)12-5-2-1-3-6-12/h1-9,11,15H,10,19H2. The van der Waals surface area contributed by atoms with Gasteiger partial charge in [0, 0.05) is 27.0 Å². The minimum atomic E-state index is -0.00510. The Kier molecular flexibility index (Phi) is 4.67. The molecule has 0 aliphatic rings. The highest BCUT2D eigenvalue weighted by molar-refractivity contribution is 14.1. The van der Waals surface area contributed by atoms with Crippen molar-refractivity contribution in [2.24, 2.45) is 5.73 Å². The second-order valence-electron chi connectivity index (χ2n) is 4.86. The second kappa shape index (κ2) is 6.68. The van der Waals surface area contributed by atoms with E-state index in [0.717, 1.165) is 22.7 Å². The summed E-state index contributed by atoms with van der Waals surface area (Å²) < 4.78 is 1.21. The molecule has 0 fully saturated rings. The highest BCUT2D eigenvalue weighted by Gasteiger charge is 2.11. The summed E-state index contributed by atoms with van der Waals surface area (Å²) in [5.74, 6) is 0. The summed E-state index contributed by atoms with van der Waals surface area (Å²) in [5.41, 5.74) is 9.66. The van der Waals surface area contributed by atoms with Gasteiger partial charge in [-0.2, -0.15) is 0 Å². The monoisotopic (exact) mass is 406 g/mol. The molecule has 3 rings (SSSR count). The van der Waals surface area contributed by atoms with Crippen molar-refractivity contribution in [2.45, 2.75) is 12.5 Å². The number of rotatable bonds is 4. The van der Waals surface area contributed by atoms with Crippen molar-refractivity contribution in [3.63, 3.8) is 0 Å². The molecule has 1 atom stereocenters. The van der Waals surface area contributed by atoms with Crippen molar-refractivity contribution in [3.8, 4) is 11.3 Å². The van der Waals surface area contributed by atoms with Gasteiger partial charge in [-0.1, -0.05) is 42.5 Å².